The molecule has 0 bridgehead atoms. The molecule has 8 nitrogen and oxygen atoms in total. The van der Waals surface area contributed by atoms with Crippen LogP contribution in [0.2, 0.25) is 0 Å². The van der Waals surface area contributed by atoms with E-state index in [-0.39, 0.29) is 29.1 Å². The van der Waals surface area contributed by atoms with Crippen LogP contribution in [-0.2, 0) is 21.1 Å². The van der Waals surface area contributed by atoms with E-state index in [1.54, 1.807) is 57.4 Å². The zero-order chi connectivity index (χ0) is 21.0. The highest BCUT2D eigenvalue weighted by Gasteiger charge is 2.19. The van der Waals surface area contributed by atoms with Crippen LogP contribution in [0.3, 0.4) is 0 Å². The Hall–Kier alpha value is -3.20. The molecule has 0 radical (unpaired) electrons. The van der Waals surface area contributed by atoms with Crippen LogP contribution in [0, 0.1) is 0 Å². The molecule has 0 aliphatic heterocycles. The van der Waals surface area contributed by atoms with Crippen molar-refractivity contribution in [2.45, 2.75) is 30.4 Å². The second-order valence-electron chi connectivity index (χ2n) is 6.61. The number of nitrogens with one attached hydrogen (secondary N) is 1. The maximum Gasteiger partial charge on any atom is 0.322 e. The molecule has 0 atom stereocenters. The predicted molar refractivity (Wildman–Crippen MR) is 107 cm³/mol. The van der Waals surface area contributed by atoms with E-state index >= 15 is 0 Å². The highest BCUT2D eigenvalue weighted by atomic mass is 32.2. The Kier molecular flexibility index (Phi) is 5.97. The van der Waals surface area contributed by atoms with Gasteiger partial charge in [0.15, 0.2) is 9.84 Å². The van der Waals surface area contributed by atoms with Crippen LogP contribution < -0.4 is 10.1 Å². The lowest BCUT2D eigenvalue weighted by Gasteiger charge is -2.08. The van der Waals surface area contributed by atoms with E-state index in [1.165, 1.54) is 12.1 Å². The SMILES string of the molecule is COc1cccc(-c2nnc(NC(=O)Cc3ccc(S(=O)(=O)C(C)C)cc3)o2)c1. The molecule has 2 aromatic carbocycles. The Morgan fingerprint density at radius 3 is 2.52 bits per heavy atom. The van der Waals surface area contributed by atoms with E-state index < -0.39 is 15.1 Å². The Labute approximate surface area is 168 Å². The van der Waals surface area contributed by atoms with E-state index in [4.69, 9.17) is 9.15 Å². The number of amides is 1. The minimum Gasteiger partial charge on any atom is -0.497 e. The molecule has 0 saturated heterocycles. The summed E-state index contributed by atoms with van der Waals surface area (Å²) in [4.78, 5) is 12.5. The number of benzene rings is 2. The Bertz CT molecular complexity index is 1110. The van der Waals surface area contributed by atoms with E-state index in [1.807, 2.05) is 0 Å². The van der Waals surface area contributed by atoms with Crippen LogP contribution in [0.25, 0.3) is 11.5 Å². The smallest absolute Gasteiger partial charge is 0.322 e. The summed E-state index contributed by atoms with van der Waals surface area (Å²) in [5, 5.41) is 9.79. The van der Waals surface area contributed by atoms with E-state index in [0.717, 1.165) is 0 Å². The quantitative estimate of drug-likeness (QED) is 0.631. The summed E-state index contributed by atoms with van der Waals surface area (Å²) in [5.74, 6) is 0.543. The van der Waals surface area contributed by atoms with Crippen molar-refractivity contribution in [1.29, 1.82) is 0 Å². The van der Waals surface area contributed by atoms with Gasteiger partial charge in [0.05, 0.1) is 23.7 Å². The van der Waals surface area contributed by atoms with Crippen molar-refractivity contribution in [3.63, 3.8) is 0 Å². The minimum absolute atomic E-state index is 0.0215. The fourth-order valence-corrected chi connectivity index (χ4v) is 3.62. The van der Waals surface area contributed by atoms with Gasteiger partial charge in [-0.1, -0.05) is 23.3 Å². The number of hydrogen-bond donors (Lipinski definition) is 1. The number of methoxy groups -OCH3 is 1. The first kappa shape index (κ1) is 20.5. The molecule has 1 N–H and O–H groups in total. The molecule has 1 aromatic heterocycles. The monoisotopic (exact) mass is 415 g/mol. The molecule has 0 fully saturated rings. The zero-order valence-electron chi connectivity index (χ0n) is 16.2. The largest absolute Gasteiger partial charge is 0.497 e. The van der Waals surface area contributed by atoms with Gasteiger partial charge in [0.25, 0.3) is 0 Å². The van der Waals surface area contributed by atoms with Crippen LogP contribution in [0.1, 0.15) is 19.4 Å². The maximum absolute atomic E-state index is 12.2. The van der Waals surface area contributed by atoms with Crippen molar-refractivity contribution >= 4 is 21.8 Å². The van der Waals surface area contributed by atoms with Gasteiger partial charge in [0, 0.05) is 5.56 Å². The molecular weight excluding hydrogens is 394 g/mol. The summed E-state index contributed by atoms with van der Waals surface area (Å²) >= 11 is 0. The fraction of sp³-hybridized carbons (Fsp3) is 0.250. The third kappa shape index (κ3) is 4.80. The van der Waals surface area contributed by atoms with Gasteiger partial charge in [-0.05, 0) is 49.7 Å². The average Bonchev–Trinajstić information content (AvgIpc) is 3.16. The van der Waals surface area contributed by atoms with Crippen molar-refractivity contribution in [1.82, 2.24) is 10.2 Å². The normalized spacial score (nSPS) is 11.4. The van der Waals surface area contributed by atoms with Crippen LogP contribution in [0.4, 0.5) is 6.01 Å². The third-order valence-electron chi connectivity index (χ3n) is 4.23. The van der Waals surface area contributed by atoms with Gasteiger partial charge in [-0.3, -0.25) is 10.1 Å². The first-order chi connectivity index (χ1) is 13.8. The van der Waals surface area contributed by atoms with Gasteiger partial charge in [-0.15, -0.1) is 5.10 Å². The summed E-state index contributed by atoms with van der Waals surface area (Å²) < 4.78 is 34.9. The van der Waals surface area contributed by atoms with Gasteiger partial charge in [-0.2, -0.15) is 0 Å². The topological polar surface area (TPSA) is 111 Å². The summed E-state index contributed by atoms with van der Waals surface area (Å²) in [5.41, 5.74) is 1.33. The summed E-state index contributed by atoms with van der Waals surface area (Å²) in [6.07, 6.45) is 0.0406. The fourth-order valence-electron chi connectivity index (χ4n) is 2.56. The van der Waals surface area contributed by atoms with Crippen LogP contribution in [0.5, 0.6) is 5.75 Å². The predicted octanol–water partition coefficient (Wildman–Crippen LogP) is 3.11. The maximum atomic E-state index is 12.2. The number of carbonyl (C=O) groups excluding carboxylic acids is 1. The average molecular weight is 415 g/mol. The number of carbonyl (C=O) groups is 1. The van der Waals surface area contributed by atoms with Gasteiger partial charge in [0.1, 0.15) is 5.75 Å². The van der Waals surface area contributed by atoms with E-state index in [2.05, 4.69) is 15.5 Å². The Morgan fingerprint density at radius 2 is 1.86 bits per heavy atom. The molecule has 29 heavy (non-hydrogen) atoms. The van der Waals surface area contributed by atoms with Crippen LogP contribution in [0.15, 0.2) is 57.8 Å². The highest BCUT2D eigenvalue weighted by molar-refractivity contribution is 7.92. The lowest BCUT2D eigenvalue weighted by atomic mass is 10.1. The van der Waals surface area contributed by atoms with Crippen molar-refractivity contribution in [3.05, 3.63) is 54.1 Å². The summed E-state index contributed by atoms with van der Waals surface area (Å²) in [6, 6.07) is 13.3. The van der Waals surface area contributed by atoms with Gasteiger partial charge in [0.2, 0.25) is 11.8 Å². The van der Waals surface area contributed by atoms with Crippen molar-refractivity contribution in [2.75, 3.05) is 12.4 Å². The molecule has 1 amide bonds. The number of aromatic nitrogens is 2. The lowest BCUT2D eigenvalue weighted by molar-refractivity contribution is -0.115. The second-order valence-corrected chi connectivity index (χ2v) is 9.11. The number of nitrogens with zero attached hydrogens (tertiary/aromatic N) is 2. The van der Waals surface area contributed by atoms with Crippen molar-refractivity contribution in [2.24, 2.45) is 0 Å². The highest BCUT2D eigenvalue weighted by Crippen LogP contribution is 2.24. The number of sulfone groups is 1. The number of ether oxygens (including phenoxy) is 1. The van der Waals surface area contributed by atoms with Crippen molar-refractivity contribution in [3.8, 4) is 17.2 Å². The molecule has 152 valence electrons. The van der Waals surface area contributed by atoms with E-state index in [0.29, 0.717) is 16.9 Å². The molecule has 0 spiro atoms. The van der Waals surface area contributed by atoms with Gasteiger partial charge >= 0.3 is 6.01 Å². The number of hydrogen-bond acceptors (Lipinski definition) is 7. The number of rotatable bonds is 7. The summed E-state index contributed by atoms with van der Waals surface area (Å²) in [7, 11) is -1.78. The molecule has 0 unspecified atom stereocenters. The first-order valence-corrected chi connectivity index (χ1v) is 10.4. The van der Waals surface area contributed by atoms with Gasteiger partial charge in [-0.25, -0.2) is 8.42 Å². The standard InChI is InChI=1S/C20H21N3O5S/c1-13(2)29(25,26)17-9-7-14(8-10-17)11-18(24)21-20-23-22-19(28-20)15-5-4-6-16(12-15)27-3/h4-10,12-13H,11H2,1-3H3,(H,21,23,24). The molecule has 0 aliphatic carbocycles. The third-order valence-corrected chi connectivity index (χ3v) is 6.40. The van der Waals surface area contributed by atoms with Crippen LogP contribution >= 0.6 is 0 Å². The lowest BCUT2D eigenvalue weighted by Crippen LogP contribution is -2.16. The molecule has 1 heterocycles. The van der Waals surface area contributed by atoms with E-state index in [9.17, 15) is 13.2 Å². The second kappa shape index (κ2) is 8.44. The van der Waals surface area contributed by atoms with Gasteiger partial charge < -0.3 is 9.15 Å². The molecule has 9 heteroatoms. The van der Waals surface area contributed by atoms with Crippen molar-refractivity contribution < 1.29 is 22.4 Å². The molecular formula is C20H21N3O5S. The Balaban J connectivity index is 1.65. The molecule has 3 rings (SSSR count). The first-order valence-electron chi connectivity index (χ1n) is 8.90. The molecule has 3 aromatic rings. The summed E-state index contributed by atoms with van der Waals surface area (Å²) in [6.45, 7) is 3.25. The molecule has 0 aliphatic rings. The number of anilines is 1. The molecule has 0 saturated carbocycles. The van der Waals surface area contributed by atoms with Crippen LogP contribution in [-0.4, -0.2) is 36.9 Å². The minimum atomic E-state index is -3.34. The Morgan fingerprint density at radius 1 is 1.14 bits per heavy atom. The zero-order valence-corrected chi connectivity index (χ0v) is 17.1.